The predicted molar refractivity (Wildman–Crippen MR) is 75.7 cm³/mol. The van der Waals surface area contributed by atoms with Gasteiger partial charge in [-0.3, -0.25) is 0 Å². The van der Waals surface area contributed by atoms with E-state index in [1.54, 1.807) is 6.07 Å². The molecule has 1 atom stereocenters. The monoisotopic (exact) mass is 269 g/mol. The van der Waals surface area contributed by atoms with Crippen molar-refractivity contribution < 1.29 is 8.42 Å². The quantitative estimate of drug-likeness (QED) is 0.863. The second-order valence-corrected chi connectivity index (χ2v) is 7.00. The average Bonchev–Trinajstić information content (AvgIpc) is 2.27. The molecule has 1 aromatic rings. The van der Waals surface area contributed by atoms with Crippen LogP contribution in [0.25, 0.3) is 0 Å². The normalized spacial score (nSPS) is 13.6. The molecule has 0 amide bonds. The zero-order chi connectivity index (χ0) is 13.8. The molecule has 0 aliphatic rings. The summed E-state index contributed by atoms with van der Waals surface area (Å²) in [4.78, 5) is 0.477. The Morgan fingerprint density at radius 3 is 2.50 bits per heavy atom. The molecule has 1 N–H and O–H groups in total. The topological polar surface area (TPSA) is 46.2 Å². The van der Waals surface area contributed by atoms with Crippen LogP contribution in [-0.2, 0) is 9.84 Å². The first-order valence-corrected chi connectivity index (χ1v) is 7.99. The maximum atomic E-state index is 12.2. The van der Waals surface area contributed by atoms with Crippen molar-refractivity contribution in [3.05, 3.63) is 29.3 Å². The third kappa shape index (κ3) is 4.10. The number of nitrogens with one attached hydrogen (secondary N) is 1. The van der Waals surface area contributed by atoms with E-state index < -0.39 is 9.84 Å². The van der Waals surface area contributed by atoms with E-state index in [-0.39, 0.29) is 5.75 Å². The maximum absolute atomic E-state index is 12.2. The van der Waals surface area contributed by atoms with Crippen LogP contribution in [0.15, 0.2) is 23.1 Å². The van der Waals surface area contributed by atoms with Gasteiger partial charge in [0.25, 0.3) is 0 Å². The fourth-order valence-corrected chi connectivity index (χ4v) is 3.57. The van der Waals surface area contributed by atoms with Gasteiger partial charge in [-0.05, 0) is 52.3 Å². The number of hydrogen-bond acceptors (Lipinski definition) is 3. The summed E-state index contributed by atoms with van der Waals surface area (Å²) in [6, 6.07) is 5.86. The number of aryl methyl sites for hydroxylation is 2. The van der Waals surface area contributed by atoms with Gasteiger partial charge in [0.05, 0.1) is 10.6 Å². The van der Waals surface area contributed by atoms with E-state index >= 15 is 0 Å². The zero-order valence-corrected chi connectivity index (χ0v) is 12.5. The minimum absolute atomic E-state index is 0.225. The Morgan fingerprint density at radius 1 is 1.28 bits per heavy atom. The Kier molecular flexibility index (Phi) is 5.35. The fourth-order valence-electron chi connectivity index (χ4n) is 1.98. The number of sulfone groups is 1. The summed E-state index contributed by atoms with van der Waals surface area (Å²) >= 11 is 0. The lowest BCUT2D eigenvalue weighted by Crippen LogP contribution is -2.22. The fraction of sp³-hybridized carbons (Fsp3) is 0.571. The molecule has 18 heavy (non-hydrogen) atoms. The molecule has 1 rings (SSSR count). The summed E-state index contributed by atoms with van der Waals surface area (Å²) < 4.78 is 24.4. The largest absolute Gasteiger partial charge is 0.317 e. The molecule has 1 aromatic carbocycles. The van der Waals surface area contributed by atoms with Crippen molar-refractivity contribution in [2.45, 2.75) is 44.6 Å². The molecule has 0 bridgehead atoms. The summed E-state index contributed by atoms with van der Waals surface area (Å²) in [6.45, 7) is 5.89. The minimum atomic E-state index is -3.14. The van der Waals surface area contributed by atoms with Gasteiger partial charge < -0.3 is 5.32 Å². The first kappa shape index (κ1) is 15.2. The molecule has 1 unspecified atom stereocenters. The molecular formula is C14H23NO2S. The highest BCUT2D eigenvalue weighted by Gasteiger charge is 2.16. The third-order valence-electron chi connectivity index (χ3n) is 3.21. The second-order valence-electron chi connectivity index (χ2n) is 4.92. The van der Waals surface area contributed by atoms with E-state index in [0.717, 1.165) is 17.5 Å². The minimum Gasteiger partial charge on any atom is -0.317 e. The molecule has 0 saturated carbocycles. The van der Waals surface area contributed by atoms with Crippen molar-refractivity contribution in [2.75, 3.05) is 12.8 Å². The van der Waals surface area contributed by atoms with Crippen LogP contribution in [0.5, 0.6) is 0 Å². The molecule has 4 heteroatoms. The highest BCUT2D eigenvalue weighted by atomic mass is 32.2. The number of rotatable bonds is 6. The second kappa shape index (κ2) is 6.34. The summed E-state index contributed by atoms with van der Waals surface area (Å²) in [5.74, 6) is 0.225. The lowest BCUT2D eigenvalue weighted by atomic mass is 10.2. The Labute approximate surface area is 111 Å². The lowest BCUT2D eigenvalue weighted by molar-refractivity contribution is 0.548. The smallest absolute Gasteiger partial charge is 0.178 e. The molecule has 3 nitrogen and oxygen atoms in total. The van der Waals surface area contributed by atoms with Gasteiger partial charge in [0.15, 0.2) is 9.84 Å². The van der Waals surface area contributed by atoms with Crippen LogP contribution in [-0.4, -0.2) is 27.3 Å². The number of hydrogen-bond donors (Lipinski definition) is 1. The maximum Gasteiger partial charge on any atom is 0.178 e. The molecule has 0 aliphatic carbocycles. The summed E-state index contributed by atoms with van der Waals surface area (Å²) in [5, 5.41) is 3.11. The van der Waals surface area contributed by atoms with Crippen molar-refractivity contribution in [3.63, 3.8) is 0 Å². The van der Waals surface area contributed by atoms with E-state index in [2.05, 4.69) is 12.2 Å². The van der Waals surface area contributed by atoms with Crippen LogP contribution in [0.4, 0.5) is 0 Å². The molecular weight excluding hydrogens is 246 g/mol. The van der Waals surface area contributed by atoms with E-state index in [1.807, 2.05) is 33.0 Å². The van der Waals surface area contributed by atoms with Gasteiger partial charge in [0.2, 0.25) is 0 Å². The SMILES string of the molecule is CNC(C)CCCS(=O)(=O)c1ccc(C)cc1C. The standard InChI is InChI=1S/C14H23NO2S/c1-11-7-8-14(12(2)10-11)18(16,17)9-5-6-13(3)15-4/h7-8,10,13,15H,5-6,9H2,1-4H3. The van der Waals surface area contributed by atoms with Crippen molar-refractivity contribution in [1.82, 2.24) is 5.32 Å². The van der Waals surface area contributed by atoms with Gasteiger partial charge in [-0.25, -0.2) is 8.42 Å². The van der Waals surface area contributed by atoms with Crippen molar-refractivity contribution in [3.8, 4) is 0 Å². The van der Waals surface area contributed by atoms with E-state index in [0.29, 0.717) is 17.4 Å². The van der Waals surface area contributed by atoms with E-state index in [9.17, 15) is 8.42 Å². The highest BCUT2D eigenvalue weighted by molar-refractivity contribution is 7.91. The van der Waals surface area contributed by atoms with Gasteiger partial charge in [-0.1, -0.05) is 17.7 Å². The lowest BCUT2D eigenvalue weighted by Gasteiger charge is -2.11. The Hall–Kier alpha value is -0.870. The molecule has 0 fully saturated rings. The van der Waals surface area contributed by atoms with Crippen LogP contribution in [0.3, 0.4) is 0 Å². The van der Waals surface area contributed by atoms with Crippen molar-refractivity contribution in [2.24, 2.45) is 0 Å². The predicted octanol–water partition coefficient (Wildman–Crippen LogP) is 2.47. The Bertz CT molecular complexity index is 495. The van der Waals surface area contributed by atoms with Gasteiger partial charge in [0.1, 0.15) is 0 Å². The highest BCUT2D eigenvalue weighted by Crippen LogP contribution is 2.19. The van der Waals surface area contributed by atoms with Crippen LogP contribution in [0.1, 0.15) is 30.9 Å². The molecule has 0 spiro atoms. The molecule has 0 heterocycles. The average molecular weight is 269 g/mol. The van der Waals surface area contributed by atoms with Gasteiger partial charge in [0, 0.05) is 6.04 Å². The third-order valence-corrected chi connectivity index (χ3v) is 5.16. The summed E-state index contributed by atoms with van der Waals surface area (Å²) in [6.07, 6.45) is 1.57. The van der Waals surface area contributed by atoms with Crippen molar-refractivity contribution >= 4 is 9.84 Å². The van der Waals surface area contributed by atoms with Crippen LogP contribution in [0, 0.1) is 13.8 Å². The van der Waals surface area contributed by atoms with E-state index in [1.165, 1.54) is 0 Å². The molecule has 102 valence electrons. The van der Waals surface area contributed by atoms with Gasteiger partial charge in [-0.2, -0.15) is 0 Å². The van der Waals surface area contributed by atoms with Crippen LogP contribution in [0.2, 0.25) is 0 Å². The summed E-state index contributed by atoms with van der Waals surface area (Å²) in [5.41, 5.74) is 1.94. The van der Waals surface area contributed by atoms with Gasteiger partial charge in [-0.15, -0.1) is 0 Å². The first-order valence-electron chi connectivity index (χ1n) is 6.34. The van der Waals surface area contributed by atoms with Crippen molar-refractivity contribution in [1.29, 1.82) is 0 Å². The van der Waals surface area contributed by atoms with Crippen LogP contribution < -0.4 is 5.32 Å². The molecule has 0 aromatic heterocycles. The molecule has 0 saturated heterocycles. The Balaban J connectivity index is 2.74. The van der Waals surface area contributed by atoms with E-state index in [4.69, 9.17) is 0 Å². The molecule has 0 radical (unpaired) electrons. The first-order chi connectivity index (χ1) is 8.36. The molecule has 0 aliphatic heterocycles. The Morgan fingerprint density at radius 2 is 1.94 bits per heavy atom. The zero-order valence-electron chi connectivity index (χ0n) is 11.7. The summed E-state index contributed by atoms with van der Waals surface area (Å²) in [7, 11) is -1.25. The van der Waals surface area contributed by atoms with Crippen LogP contribution >= 0.6 is 0 Å². The van der Waals surface area contributed by atoms with Gasteiger partial charge >= 0.3 is 0 Å². The number of benzene rings is 1.